The monoisotopic (exact) mass is 227 g/mol. The maximum Gasteiger partial charge on any atom is 0.207 e. The van der Waals surface area contributed by atoms with Gasteiger partial charge in [-0.1, -0.05) is 10.4 Å². The predicted octanol–water partition coefficient (Wildman–Crippen LogP) is -1.28. The van der Waals surface area contributed by atoms with E-state index in [2.05, 4.69) is 17.5 Å². The van der Waals surface area contributed by atoms with E-state index in [1.807, 2.05) is 6.92 Å². The molecule has 0 fully saturated rings. The SMILES string of the molecule is [B].[CH2-]n1nnn(CC)c1=O.[Y]. The molecule has 0 aromatic carbocycles. The van der Waals surface area contributed by atoms with Crippen LogP contribution in [-0.4, -0.2) is 28.2 Å². The summed E-state index contributed by atoms with van der Waals surface area (Å²) in [7, 11) is 3.30. The van der Waals surface area contributed by atoms with Crippen LogP contribution in [0.2, 0.25) is 0 Å². The van der Waals surface area contributed by atoms with E-state index >= 15 is 0 Å². The van der Waals surface area contributed by atoms with Gasteiger partial charge in [-0.2, -0.15) is 0 Å². The standard InChI is InChI=1S/C4H7N4O.B.Y/c1-3-8-4(9)7(2)5-6-8;;/h2-3H2,1H3;;/q-1;;. The Balaban J connectivity index is 0. The van der Waals surface area contributed by atoms with E-state index in [-0.39, 0.29) is 46.8 Å². The zero-order valence-electron chi connectivity index (χ0n) is 6.27. The van der Waals surface area contributed by atoms with Gasteiger partial charge in [0.15, 0.2) is 0 Å². The maximum atomic E-state index is 10.7. The van der Waals surface area contributed by atoms with Crippen molar-refractivity contribution in [3.63, 3.8) is 0 Å². The van der Waals surface area contributed by atoms with E-state index in [4.69, 9.17) is 0 Å². The Morgan fingerprint density at radius 1 is 1.55 bits per heavy atom. The zero-order valence-corrected chi connectivity index (χ0v) is 9.10. The molecule has 5 nitrogen and oxygen atoms in total. The van der Waals surface area contributed by atoms with Crippen molar-refractivity contribution in [2.75, 3.05) is 0 Å². The van der Waals surface area contributed by atoms with Crippen molar-refractivity contribution in [3.05, 3.63) is 17.5 Å². The molecule has 1 aromatic rings. The molecule has 1 heterocycles. The summed E-state index contributed by atoms with van der Waals surface area (Å²) >= 11 is 0. The molecule has 56 valence electrons. The predicted molar refractivity (Wildman–Crippen MR) is 36.5 cm³/mol. The molecule has 0 atom stereocenters. The van der Waals surface area contributed by atoms with Gasteiger partial charge in [0.1, 0.15) is 0 Å². The average Bonchev–Trinajstić information content (AvgIpc) is 2.15. The van der Waals surface area contributed by atoms with Gasteiger partial charge in [-0.3, -0.25) is 4.68 Å². The number of aromatic nitrogens is 4. The summed E-state index contributed by atoms with van der Waals surface area (Å²) in [6.07, 6.45) is 0. The van der Waals surface area contributed by atoms with Gasteiger partial charge in [-0.15, -0.1) is 7.05 Å². The largest absolute Gasteiger partial charge is 0.359 e. The molecule has 0 bridgehead atoms. The Hall–Kier alpha value is -0.0912. The normalized spacial score (nSPS) is 8.09. The van der Waals surface area contributed by atoms with E-state index in [1.54, 1.807) is 0 Å². The Morgan fingerprint density at radius 2 is 2.09 bits per heavy atom. The van der Waals surface area contributed by atoms with Gasteiger partial charge >= 0.3 is 0 Å². The van der Waals surface area contributed by atoms with Crippen LogP contribution in [0.15, 0.2) is 4.79 Å². The molecule has 0 saturated carbocycles. The molecule has 0 aliphatic rings. The second kappa shape index (κ2) is 5.55. The van der Waals surface area contributed by atoms with Gasteiger partial charge in [0.25, 0.3) is 0 Å². The topological polar surface area (TPSA) is 52.7 Å². The second-order valence-electron chi connectivity index (χ2n) is 1.58. The molecule has 0 saturated heterocycles. The van der Waals surface area contributed by atoms with Crippen LogP contribution in [0.1, 0.15) is 6.92 Å². The van der Waals surface area contributed by atoms with E-state index < -0.39 is 0 Å². The van der Waals surface area contributed by atoms with Crippen LogP contribution in [0, 0.1) is 7.05 Å². The number of hydrogen-bond acceptors (Lipinski definition) is 3. The van der Waals surface area contributed by atoms with Gasteiger partial charge < -0.3 is 9.48 Å². The number of rotatable bonds is 1. The van der Waals surface area contributed by atoms with Crippen molar-refractivity contribution in [1.29, 1.82) is 0 Å². The van der Waals surface area contributed by atoms with E-state index in [1.165, 1.54) is 4.68 Å². The molecule has 4 radical (unpaired) electrons. The Labute approximate surface area is 91.6 Å². The fourth-order valence-electron chi connectivity index (χ4n) is 0.505. The van der Waals surface area contributed by atoms with Crippen LogP contribution in [0.4, 0.5) is 0 Å². The molecule has 0 spiro atoms. The molecule has 0 unspecified atom stereocenters. The molecular weight excluding hydrogens is 220 g/mol. The summed E-state index contributed by atoms with van der Waals surface area (Å²) in [6, 6.07) is 0. The first-order chi connectivity index (χ1) is 4.25. The Morgan fingerprint density at radius 3 is 2.27 bits per heavy atom. The van der Waals surface area contributed by atoms with E-state index in [9.17, 15) is 4.79 Å². The fourth-order valence-corrected chi connectivity index (χ4v) is 0.505. The molecule has 1 aromatic heterocycles. The van der Waals surface area contributed by atoms with Crippen LogP contribution in [-0.2, 0) is 39.3 Å². The molecule has 0 N–H and O–H groups in total. The first kappa shape index (κ1) is 13.5. The molecular formula is C4H7BN4OY-. The van der Waals surface area contributed by atoms with Crippen molar-refractivity contribution in [1.82, 2.24) is 19.8 Å². The van der Waals surface area contributed by atoms with Crippen LogP contribution in [0.25, 0.3) is 0 Å². The summed E-state index contributed by atoms with van der Waals surface area (Å²) in [5.41, 5.74) is -0.280. The molecule has 0 amide bonds. The van der Waals surface area contributed by atoms with Gasteiger partial charge in [0.2, 0.25) is 5.69 Å². The van der Waals surface area contributed by atoms with Crippen molar-refractivity contribution in [2.24, 2.45) is 0 Å². The summed E-state index contributed by atoms with van der Waals surface area (Å²) in [6.45, 7) is 2.35. The van der Waals surface area contributed by atoms with Gasteiger partial charge in [-0.05, 0) is 6.92 Å². The van der Waals surface area contributed by atoms with Crippen LogP contribution >= 0.6 is 0 Å². The summed E-state index contributed by atoms with van der Waals surface area (Å²) in [5, 5.41) is 6.88. The quantitative estimate of drug-likeness (QED) is 0.443. The minimum Gasteiger partial charge on any atom is -0.359 e. The first-order valence-corrected chi connectivity index (χ1v) is 2.59. The summed E-state index contributed by atoms with van der Waals surface area (Å²) < 4.78 is 2.18. The van der Waals surface area contributed by atoms with Crippen molar-refractivity contribution < 1.29 is 32.7 Å². The molecule has 11 heavy (non-hydrogen) atoms. The minimum atomic E-state index is -0.280. The average molecular weight is 227 g/mol. The fraction of sp³-hybridized carbons (Fsp3) is 0.500. The maximum absolute atomic E-state index is 10.7. The zero-order chi connectivity index (χ0) is 6.85. The summed E-state index contributed by atoms with van der Waals surface area (Å²) in [5.74, 6) is 0. The van der Waals surface area contributed by atoms with Crippen molar-refractivity contribution in [3.8, 4) is 0 Å². The second-order valence-corrected chi connectivity index (χ2v) is 1.58. The third kappa shape index (κ3) is 2.79. The Kier molecular flexibility index (Phi) is 6.80. The number of aryl methyl sites for hydroxylation is 1. The third-order valence-electron chi connectivity index (χ3n) is 0.997. The van der Waals surface area contributed by atoms with E-state index in [0.717, 1.165) is 4.68 Å². The summed E-state index contributed by atoms with van der Waals surface area (Å²) in [4.78, 5) is 10.7. The van der Waals surface area contributed by atoms with Gasteiger partial charge in [0, 0.05) is 47.7 Å². The minimum absolute atomic E-state index is 0. The molecule has 0 aliphatic carbocycles. The van der Waals surface area contributed by atoms with Gasteiger partial charge in [-0.25, -0.2) is 0 Å². The number of tetrazole rings is 1. The molecule has 7 heteroatoms. The first-order valence-electron chi connectivity index (χ1n) is 2.59. The number of nitrogens with zero attached hydrogens (tertiary/aromatic N) is 4. The Bertz CT molecular complexity index is 257. The third-order valence-corrected chi connectivity index (χ3v) is 0.997. The molecule has 1 rings (SSSR count). The van der Waals surface area contributed by atoms with Crippen LogP contribution in [0.5, 0.6) is 0 Å². The van der Waals surface area contributed by atoms with Crippen LogP contribution in [0.3, 0.4) is 0 Å². The van der Waals surface area contributed by atoms with Crippen molar-refractivity contribution in [2.45, 2.75) is 13.5 Å². The smallest absolute Gasteiger partial charge is 0.207 e. The van der Waals surface area contributed by atoms with Crippen LogP contribution < -0.4 is 5.69 Å². The van der Waals surface area contributed by atoms with Gasteiger partial charge in [0.05, 0.1) is 0 Å². The number of hydrogen-bond donors (Lipinski definition) is 0. The van der Waals surface area contributed by atoms with Crippen molar-refractivity contribution >= 4 is 8.41 Å². The molecule has 0 aliphatic heterocycles. The van der Waals surface area contributed by atoms with E-state index in [0.29, 0.717) is 6.54 Å².